The lowest BCUT2D eigenvalue weighted by Crippen LogP contribution is -2.53. The molecule has 15 heteroatoms. The number of carbonyl (C=O) groups excluding carboxylic acids is 6. The van der Waals surface area contributed by atoms with E-state index in [0.29, 0.717) is 38.3 Å². The maximum absolute atomic E-state index is 13.4. The van der Waals surface area contributed by atoms with E-state index in [9.17, 15) is 28.8 Å². The Morgan fingerprint density at radius 3 is 2.65 bits per heavy atom. The molecular formula is C31H43N7O8. The van der Waals surface area contributed by atoms with E-state index in [1.54, 1.807) is 24.3 Å². The van der Waals surface area contributed by atoms with Gasteiger partial charge in [-0.1, -0.05) is 12.2 Å². The lowest BCUT2D eigenvalue weighted by Gasteiger charge is -2.32. The quantitative estimate of drug-likeness (QED) is 0.140. The SMILES string of the molecule is NCCOCCNC(=O)[C@@H]1CCNC(=O)/C=C/C(=O)N2CCC[C@H](C2)C(=O)N[C@@H](Cc2ccco2)C(=O)N[C@H]2C=C[C@H](C2)C(=O)N1. The molecule has 5 atom stereocenters. The second-order valence-electron chi connectivity index (χ2n) is 11.5. The third-order valence-corrected chi connectivity index (χ3v) is 8.02. The molecule has 1 aromatic heterocycles. The van der Waals surface area contributed by atoms with E-state index < -0.39 is 59.5 Å². The molecule has 250 valence electrons. The van der Waals surface area contributed by atoms with Gasteiger partial charge in [-0.25, -0.2) is 0 Å². The highest BCUT2D eigenvalue weighted by atomic mass is 16.5. The molecule has 0 saturated carbocycles. The number of carbonyl (C=O) groups is 6. The number of nitrogens with zero attached hydrogens (tertiary/aromatic N) is 1. The van der Waals surface area contributed by atoms with Crippen molar-refractivity contribution < 1.29 is 37.9 Å². The van der Waals surface area contributed by atoms with Crippen molar-refractivity contribution in [3.05, 3.63) is 48.5 Å². The summed E-state index contributed by atoms with van der Waals surface area (Å²) >= 11 is 0. The molecule has 1 aliphatic carbocycles. The summed E-state index contributed by atoms with van der Waals surface area (Å²) < 4.78 is 10.7. The van der Waals surface area contributed by atoms with Crippen LogP contribution in [0.5, 0.6) is 0 Å². The highest BCUT2D eigenvalue weighted by Gasteiger charge is 2.34. The minimum absolute atomic E-state index is 0.0433. The van der Waals surface area contributed by atoms with Crippen molar-refractivity contribution in [2.24, 2.45) is 17.6 Å². The second kappa shape index (κ2) is 17.3. The standard InChI is InChI=1S/C31H43N7O8/c32-10-15-45-16-12-34-30(43)24-9-11-33-26(39)7-8-27(40)38-13-1-3-21(19-38)29(42)37-25(18-23-4-2-14-46-23)31(44)35-22-6-5-20(17-22)28(41)36-24/h2,4-8,14,20-22,24-25H,1,3,9-13,15-19,32H2,(H,33,39)(H,34,43)(H,35,44)(H,36,41)(H,37,42)/b8-7+/t20-,21-,22+,24+,25+/m1/s1. The van der Waals surface area contributed by atoms with Gasteiger partial charge in [0, 0.05) is 57.3 Å². The zero-order valence-corrected chi connectivity index (χ0v) is 25.7. The van der Waals surface area contributed by atoms with Crippen LogP contribution in [0.25, 0.3) is 0 Å². The summed E-state index contributed by atoms with van der Waals surface area (Å²) in [5, 5.41) is 13.9. The van der Waals surface area contributed by atoms with E-state index in [1.165, 1.54) is 11.2 Å². The van der Waals surface area contributed by atoms with Gasteiger partial charge in [-0.05, 0) is 37.8 Å². The minimum atomic E-state index is -0.970. The average Bonchev–Trinajstić information content (AvgIpc) is 3.75. The van der Waals surface area contributed by atoms with Crippen molar-refractivity contribution in [2.75, 3.05) is 45.9 Å². The van der Waals surface area contributed by atoms with Crippen LogP contribution in [0.4, 0.5) is 0 Å². The highest BCUT2D eigenvalue weighted by Crippen LogP contribution is 2.20. The van der Waals surface area contributed by atoms with Crippen LogP contribution in [0.3, 0.4) is 0 Å². The fraction of sp³-hybridized carbons (Fsp3) is 0.548. The van der Waals surface area contributed by atoms with Crippen LogP contribution < -0.4 is 32.3 Å². The normalized spacial score (nSPS) is 27.1. The number of hydrogen-bond donors (Lipinski definition) is 6. The first-order chi connectivity index (χ1) is 22.2. The summed E-state index contributed by atoms with van der Waals surface area (Å²) in [5.41, 5.74) is 5.41. The number of piperidine rings is 1. The van der Waals surface area contributed by atoms with E-state index in [1.807, 2.05) is 0 Å². The van der Waals surface area contributed by atoms with Crippen LogP contribution in [0.1, 0.15) is 31.4 Å². The Morgan fingerprint density at radius 2 is 1.87 bits per heavy atom. The molecule has 1 aromatic rings. The van der Waals surface area contributed by atoms with Gasteiger partial charge in [0.05, 0.1) is 31.3 Å². The van der Waals surface area contributed by atoms with E-state index in [-0.39, 0.29) is 51.4 Å². The van der Waals surface area contributed by atoms with Crippen LogP contribution in [0.2, 0.25) is 0 Å². The van der Waals surface area contributed by atoms with Gasteiger partial charge in [0.1, 0.15) is 17.8 Å². The summed E-state index contributed by atoms with van der Waals surface area (Å²) in [5.74, 6) is -3.32. The van der Waals surface area contributed by atoms with Crippen molar-refractivity contribution in [1.82, 2.24) is 31.5 Å². The molecule has 15 nitrogen and oxygen atoms in total. The van der Waals surface area contributed by atoms with Crippen LogP contribution >= 0.6 is 0 Å². The summed E-state index contributed by atoms with van der Waals surface area (Å²) in [4.78, 5) is 79.8. The molecule has 3 heterocycles. The van der Waals surface area contributed by atoms with Gasteiger partial charge >= 0.3 is 0 Å². The Labute approximate surface area is 267 Å². The summed E-state index contributed by atoms with van der Waals surface area (Å²) in [6, 6.07) is 0.965. The van der Waals surface area contributed by atoms with Gasteiger partial charge in [-0.15, -0.1) is 0 Å². The van der Waals surface area contributed by atoms with Crippen LogP contribution in [0.15, 0.2) is 47.1 Å². The Balaban J connectivity index is 1.50. The minimum Gasteiger partial charge on any atom is -0.469 e. The van der Waals surface area contributed by atoms with Crippen LogP contribution in [-0.2, 0) is 39.9 Å². The maximum atomic E-state index is 13.4. The predicted octanol–water partition coefficient (Wildman–Crippen LogP) is -1.74. The molecule has 46 heavy (non-hydrogen) atoms. The molecule has 7 N–H and O–H groups in total. The van der Waals surface area contributed by atoms with Crippen LogP contribution in [-0.4, -0.2) is 104 Å². The Bertz CT molecular complexity index is 1300. The molecule has 0 unspecified atom stereocenters. The fourth-order valence-electron chi connectivity index (χ4n) is 5.56. The van der Waals surface area contributed by atoms with E-state index in [2.05, 4.69) is 26.6 Å². The molecule has 4 bridgehead atoms. The number of amides is 6. The highest BCUT2D eigenvalue weighted by molar-refractivity contribution is 5.97. The summed E-state index contributed by atoms with van der Waals surface area (Å²) in [6.07, 6.45) is 8.65. The summed E-state index contributed by atoms with van der Waals surface area (Å²) in [7, 11) is 0. The Hall–Kier alpha value is -4.50. The maximum Gasteiger partial charge on any atom is 0.246 e. The van der Waals surface area contributed by atoms with Gasteiger partial charge in [0.2, 0.25) is 35.4 Å². The molecule has 0 aromatic carbocycles. The molecule has 4 rings (SSSR count). The average molecular weight is 642 g/mol. The number of hydrogen-bond acceptors (Lipinski definition) is 9. The first-order valence-electron chi connectivity index (χ1n) is 15.7. The molecule has 1 saturated heterocycles. The molecule has 6 amide bonds. The monoisotopic (exact) mass is 641 g/mol. The molecule has 3 aliphatic rings. The number of furan rings is 1. The van der Waals surface area contributed by atoms with E-state index in [4.69, 9.17) is 14.9 Å². The first-order valence-corrected chi connectivity index (χ1v) is 15.7. The van der Waals surface area contributed by atoms with Crippen molar-refractivity contribution in [3.8, 4) is 0 Å². The van der Waals surface area contributed by atoms with Crippen molar-refractivity contribution in [3.63, 3.8) is 0 Å². The number of nitrogens with one attached hydrogen (secondary N) is 5. The number of fused-ring (bicyclic) bond motifs is 4. The van der Waals surface area contributed by atoms with Crippen molar-refractivity contribution in [1.29, 1.82) is 0 Å². The van der Waals surface area contributed by atoms with Crippen molar-refractivity contribution >= 4 is 35.4 Å². The fourth-order valence-corrected chi connectivity index (χ4v) is 5.56. The predicted molar refractivity (Wildman–Crippen MR) is 164 cm³/mol. The third kappa shape index (κ3) is 10.3. The Kier molecular flexibility index (Phi) is 12.9. The lowest BCUT2D eigenvalue weighted by molar-refractivity contribution is -0.135. The molecule has 0 spiro atoms. The van der Waals surface area contributed by atoms with Gasteiger partial charge < -0.3 is 46.4 Å². The number of ether oxygens (including phenoxy) is 1. The van der Waals surface area contributed by atoms with Gasteiger partial charge in [0.15, 0.2) is 0 Å². The lowest BCUT2D eigenvalue weighted by atomic mass is 9.96. The van der Waals surface area contributed by atoms with Gasteiger partial charge in [0.25, 0.3) is 0 Å². The first kappa shape index (κ1) is 34.4. The molecular weight excluding hydrogens is 598 g/mol. The molecule has 0 radical (unpaired) electrons. The van der Waals surface area contributed by atoms with Gasteiger partial charge in [-0.3, -0.25) is 28.8 Å². The second-order valence-corrected chi connectivity index (χ2v) is 11.5. The zero-order valence-electron chi connectivity index (χ0n) is 25.7. The zero-order chi connectivity index (χ0) is 32.9. The van der Waals surface area contributed by atoms with Crippen molar-refractivity contribution in [2.45, 2.75) is 50.2 Å². The topological polar surface area (TPSA) is 214 Å². The Morgan fingerprint density at radius 1 is 1.02 bits per heavy atom. The molecule has 1 fully saturated rings. The van der Waals surface area contributed by atoms with E-state index >= 15 is 0 Å². The molecule has 2 aliphatic heterocycles. The smallest absolute Gasteiger partial charge is 0.246 e. The summed E-state index contributed by atoms with van der Waals surface area (Å²) in [6.45, 7) is 1.74. The largest absolute Gasteiger partial charge is 0.469 e. The van der Waals surface area contributed by atoms with Gasteiger partial charge in [-0.2, -0.15) is 0 Å². The van der Waals surface area contributed by atoms with E-state index in [0.717, 1.165) is 12.2 Å². The third-order valence-electron chi connectivity index (χ3n) is 8.02. The number of rotatable bonds is 8. The number of nitrogens with two attached hydrogens (primary N) is 1. The van der Waals surface area contributed by atoms with Crippen LogP contribution in [0, 0.1) is 11.8 Å².